The zero-order valence-corrected chi connectivity index (χ0v) is 66.8. The van der Waals surface area contributed by atoms with Gasteiger partial charge in [0.05, 0.1) is 116 Å². The van der Waals surface area contributed by atoms with Gasteiger partial charge < -0.3 is 126 Å². The molecule has 6 aromatic carbocycles. The highest BCUT2D eigenvalue weighted by Gasteiger charge is 2.57. The van der Waals surface area contributed by atoms with Crippen molar-refractivity contribution in [1.29, 1.82) is 0 Å². The second kappa shape index (κ2) is 52.5. The molecule has 0 bridgehead atoms. The highest BCUT2D eigenvalue weighted by Crippen LogP contribution is 2.37. The molecule has 3 heterocycles. The van der Waals surface area contributed by atoms with Gasteiger partial charge in [-0.05, 0) is 86.0 Å². The number of nitrogens with two attached hydrogens (primary N) is 2. The van der Waals surface area contributed by atoms with Crippen LogP contribution in [0.2, 0.25) is 0 Å². The van der Waals surface area contributed by atoms with E-state index in [0.29, 0.717) is 39.4 Å². The van der Waals surface area contributed by atoms with E-state index in [0.717, 1.165) is 33.4 Å². The van der Waals surface area contributed by atoms with Crippen molar-refractivity contribution in [3.63, 3.8) is 0 Å². The number of hydrogen-bond acceptors (Lipinski definition) is 29. The Labute approximate surface area is 681 Å². The van der Waals surface area contributed by atoms with Crippen LogP contribution in [0, 0.1) is 0 Å². The molecular formula is C82H119N11O24. The Morgan fingerprint density at radius 3 is 0.846 bits per heavy atom. The number of amides is 2. The minimum Gasteiger partial charge on any atom is -0.444 e. The Morgan fingerprint density at radius 2 is 0.641 bits per heavy atom. The molecule has 16 unspecified atom stereocenters. The van der Waals surface area contributed by atoms with Crippen LogP contribution in [0.5, 0.6) is 0 Å². The molecule has 35 heteroatoms. The topological polar surface area (TPSA) is 559 Å². The molecule has 0 saturated carbocycles. The van der Waals surface area contributed by atoms with Gasteiger partial charge in [-0.1, -0.05) is 192 Å². The predicted octanol–water partition coefficient (Wildman–Crippen LogP) is 3.14. The van der Waals surface area contributed by atoms with Gasteiger partial charge >= 0.3 is 12.2 Å². The lowest BCUT2D eigenvalue weighted by Crippen LogP contribution is -2.50. The number of aliphatic hydroxyl groups excluding tert-OH is 14. The van der Waals surface area contributed by atoms with Gasteiger partial charge in [0.25, 0.3) is 0 Å². The monoisotopic (exact) mass is 1640 g/mol. The number of hydrogen-bond donors (Lipinski definition) is 17. The smallest absolute Gasteiger partial charge is 0.410 e. The van der Waals surface area contributed by atoms with Gasteiger partial charge in [0.15, 0.2) is 0 Å². The van der Waals surface area contributed by atoms with Crippen molar-refractivity contribution in [2.75, 3.05) is 65.7 Å². The third-order valence-corrected chi connectivity index (χ3v) is 18.2. The molecule has 0 spiro atoms. The van der Waals surface area contributed by atoms with E-state index < -0.39 is 135 Å². The average molecular weight is 1640 g/mol. The summed E-state index contributed by atoms with van der Waals surface area (Å²) < 4.78 is 47.5. The largest absolute Gasteiger partial charge is 0.444 e. The number of azide groups is 2. The number of nitrogens with zero attached hydrogens (tertiary/aromatic N) is 8. The van der Waals surface area contributed by atoms with Crippen LogP contribution in [-0.4, -0.2) is 292 Å². The van der Waals surface area contributed by atoms with Crippen LogP contribution in [-0.2, 0) is 77.5 Å². The fourth-order valence-electron chi connectivity index (χ4n) is 11.8. The van der Waals surface area contributed by atoms with E-state index in [1.807, 2.05) is 224 Å². The van der Waals surface area contributed by atoms with Crippen molar-refractivity contribution in [2.45, 2.75) is 214 Å². The minimum atomic E-state index is -1.67. The van der Waals surface area contributed by atoms with Crippen LogP contribution >= 0.6 is 0 Å². The molecule has 20 atom stereocenters. The molecule has 3 saturated heterocycles. The first-order valence-electron chi connectivity index (χ1n) is 38.3. The third kappa shape index (κ3) is 35.6. The Balaban J connectivity index is 0.000000278. The normalized spacial score (nSPS) is 20.4. The summed E-state index contributed by atoms with van der Waals surface area (Å²) in [6.07, 6.45) is -18.8. The molecule has 0 aromatic heterocycles. The van der Waals surface area contributed by atoms with Crippen LogP contribution in [0.25, 0.3) is 20.9 Å². The standard InChI is InChI=1S/C30H40N2O6.C20H24N6O4.C20H26O6.C6H15N3O2.C6H14O6/c1-29(2,3)37-27(33)31-17-23(31)25(35-19-21-13-9-7-10-14-21)26(36-20-22-15-11-8-12-16-22)24-18-32(24)28(34)38-30(4,5)6;21-25-23-11-17(27)19(29-13-15-7-3-1-4-8-15)20(18(28)12-24-26-22)30-14-16-9-5-2-6-10-16;21-11-17(23)19(25-13-15-7-3-1-4-8-15)20(18(24)12-22)26-14-16-9-5-2-6-10-16;7-1-3-5(10)6(11)4(2-8)9-3;7-1-3(9)5(11)6(12)4(10)2-8/h7-16,23-26H,17-20H2,1-6H3;1-10,17-20,27-28H,11-14H2;1-10,17-24H,11-14H2;3-6,9-11H,1-2,7-8H2;3-12H,1-2H2/t;;;3-,4+,5-,6-;/m...1./s1. The number of carbonyl (C=O) groups excluding carboxylic acids is 2. The Morgan fingerprint density at radius 1 is 0.410 bits per heavy atom. The van der Waals surface area contributed by atoms with E-state index in [2.05, 4.69) is 25.4 Å². The van der Waals surface area contributed by atoms with E-state index in [9.17, 15) is 50.4 Å². The number of carbonyl (C=O) groups is 2. The second-order valence-electron chi connectivity index (χ2n) is 29.7. The Kier molecular flexibility index (Phi) is 44.5. The van der Waals surface area contributed by atoms with Crippen LogP contribution in [0.3, 0.4) is 0 Å². The van der Waals surface area contributed by atoms with E-state index in [-0.39, 0.29) is 75.9 Å². The lowest BCUT2D eigenvalue weighted by Gasteiger charge is -2.33. The van der Waals surface area contributed by atoms with Crippen LogP contribution in [0.15, 0.2) is 192 Å². The summed E-state index contributed by atoms with van der Waals surface area (Å²) >= 11 is 0. The van der Waals surface area contributed by atoms with Gasteiger partial charge in [0.2, 0.25) is 0 Å². The molecule has 646 valence electrons. The predicted molar refractivity (Wildman–Crippen MR) is 429 cm³/mol. The highest BCUT2D eigenvalue weighted by molar-refractivity contribution is 5.72. The SMILES string of the molecule is CC(C)(C)OC(=O)N1CC1C(OCc1ccccc1)C(OCc1ccccc1)C1CN1C(=O)OC(C)(C)C.NC[C@@H]1N[C@H](CN)[C@@H](O)[C@@H]1O.OCC(O)C(O)C(O)C(O)CO.OCC(O)C(OCc1ccccc1)C(OCc1ccccc1)C(O)CO.[N-]=[N+]=NCC(O)C(OCc1ccccc1)C(OCc1ccccc1)C(O)CN=[N+]=[N-]. The minimum absolute atomic E-state index is 0.137. The maximum atomic E-state index is 12.8. The van der Waals surface area contributed by atoms with Crippen molar-refractivity contribution in [1.82, 2.24) is 15.1 Å². The van der Waals surface area contributed by atoms with Gasteiger partial charge in [-0.3, -0.25) is 9.80 Å². The first-order chi connectivity index (χ1) is 56.0. The first kappa shape index (κ1) is 99.1. The fourth-order valence-corrected chi connectivity index (χ4v) is 11.8. The molecule has 9 rings (SSSR count). The maximum absolute atomic E-state index is 12.8. The zero-order valence-electron chi connectivity index (χ0n) is 66.8. The lowest BCUT2D eigenvalue weighted by molar-refractivity contribution is -0.177. The number of benzene rings is 6. The van der Waals surface area contributed by atoms with Crippen molar-refractivity contribution >= 4 is 12.2 Å². The maximum Gasteiger partial charge on any atom is 0.410 e. The first-order valence-corrected chi connectivity index (χ1v) is 38.3. The zero-order chi connectivity index (χ0) is 86.0. The number of aliphatic hydroxyl groups is 14. The van der Waals surface area contributed by atoms with Gasteiger partial charge in [-0.2, -0.15) is 0 Å². The summed E-state index contributed by atoms with van der Waals surface area (Å²) in [6.45, 7) is 11.0. The second-order valence-corrected chi connectivity index (χ2v) is 29.7. The van der Waals surface area contributed by atoms with Gasteiger partial charge in [-0.15, -0.1) is 0 Å². The molecule has 117 heavy (non-hydrogen) atoms. The summed E-state index contributed by atoms with van der Waals surface area (Å²) in [7, 11) is 0. The molecule has 0 aliphatic carbocycles. The van der Waals surface area contributed by atoms with E-state index in [4.69, 9.17) is 91.1 Å². The van der Waals surface area contributed by atoms with Gasteiger partial charge in [0, 0.05) is 48.1 Å². The lowest BCUT2D eigenvalue weighted by atomic mass is 10.0. The fraction of sp³-hybridized carbons (Fsp3) is 0.537. The van der Waals surface area contributed by atoms with E-state index >= 15 is 0 Å². The molecule has 2 amide bonds. The van der Waals surface area contributed by atoms with Crippen molar-refractivity contribution in [3.8, 4) is 0 Å². The summed E-state index contributed by atoms with van der Waals surface area (Å²) in [6, 6.07) is 56.1. The highest BCUT2D eigenvalue weighted by atomic mass is 16.6. The van der Waals surface area contributed by atoms with Crippen molar-refractivity contribution in [2.24, 2.45) is 21.7 Å². The quantitative estimate of drug-likeness (QED) is 0.0114. The summed E-state index contributed by atoms with van der Waals surface area (Å²) in [4.78, 5) is 34.4. The van der Waals surface area contributed by atoms with E-state index in [1.54, 1.807) is 9.80 Å². The molecular weight excluding hydrogens is 1520 g/mol. The third-order valence-electron chi connectivity index (χ3n) is 18.2. The molecule has 3 aliphatic rings. The molecule has 3 fully saturated rings. The Bertz CT molecular complexity index is 3530. The number of ether oxygens (including phenoxy) is 8. The van der Waals surface area contributed by atoms with Gasteiger partial charge in [-0.25, -0.2) is 9.59 Å². The van der Waals surface area contributed by atoms with Crippen LogP contribution < -0.4 is 16.8 Å². The van der Waals surface area contributed by atoms with Gasteiger partial charge in [0.1, 0.15) is 84.4 Å². The molecule has 6 aromatic rings. The molecule has 19 N–H and O–H groups in total. The summed E-state index contributed by atoms with van der Waals surface area (Å²) in [5.74, 6) is 0. The van der Waals surface area contributed by atoms with Crippen molar-refractivity contribution < 1.29 is 119 Å². The molecule has 3 aliphatic heterocycles. The summed E-state index contributed by atoms with van der Waals surface area (Å²) in [5.41, 5.74) is 32.1. The average Bonchev–Trinajstić information content (AvgIpc) is 1.59. The number of rotatable bonds is 40. The van der Waals surface area contributed by atoms with Crippen LogP contribution in [0.1, 0.15) is 74.9 Å². The number of nitrogens with one attached hydrogen (secondary N) is 1. The van der Waals surface area contributed by atoms with Crippen molar-refractivity contribution in [3.05, 3.63) is 236 Å². The Hall–Kier alpha value is -8.44. The molecule has 0 radical (unpaired) electrons. The molecule has 35 nitrogen and oxygen atoms in total. The van der Waals surface area contributed by atoms with E-state index in [1.165, 1.54) is 0 Å². The summed E-state index contributed by atoms with van der Waals surface area (Å²) in [5, 5.41) is 141. The van der Waals surface area contributed by atoms with Crippen LogP contribution in [0.4, 0.5) is 9.59 Å².